The van der Waals surface area contributed by atoms with Crippen LogP contribution in [0.25, 0.3) is 0 Å². The summed E-state index contributed by atoms with van der Waals surface area (Å²) in [6.07, 6.45) is -4.78. The molecule has 0 saturated carbocycles. The van der Waals surface area contributed by atoms with E-state index in [0.29, 0.717) is 0 Å². The van der Waals surface area contributed by atoms with Gasteiger partial charge in [-0.05, 0) is 12.1 Å². The standard InChI is InChI=1S/C7H4F4O2/c8-7(9,10)12-5-2-1-3-6(4-5)13-11/h1-4H. The molecule has 0 aliphatic carbocycles. The van der Waals surface area contributed by atoms with Crippen LogP contribution in [0, 0.1) is 0 Å². The molecule has 0 heterocycles. The van der Waals surface area contributed by atoms with Crippen molar-refractivity contribution in [2.75, 3.05) is 0 Å². The van der Waals surface area contributed by atoms with E-state index in [1.54, 1.807) is 0 Å². The molecular weight excluding hydrogens is 192 g/mol. The number of hydrogen-bond donors (Lipinski definition) is 0. The molecule has 1 aromatic rings. The molecule has 0 aromatic heterocycles. The van der Waals surface area contributed by atoms with E-state index in [4.69, 9.17) is 0 Å². The van der Waals surface area contributed by atoms with Crippen LogP contribution >= 0.6 is 0 Å². The molecule has 0 saturated heterocycles. The average Bonchev–Trinajstić information content (AvgIpc) is 2.01. The summed E-state index contributed by atoms with van der Waals surface area (Å²) in [5.74, 6) is -0.871. The van der Waals surface area contributed by atoms with Crippen LogP contribution in [0.5, 0.6) is 11.5 Å². The monoisotopic (exact) mass is 196 g/mol. The van der Waals surface area contributed by atoms with Crippen LogP contribution in [0.15, 0.2) is 24.3 Å². The van der Waals surface area contributed by atoms with Crippen LogP contribution in [0.2, 0.25) is 0 Å². The van der Waals surface area contributed by atoms with Crippen molar-refractivity contribution in [3.05, 3.63) is 24.3 Å². The summed E-state index contributed by atoms with van der Waals surface area (Å²) in [6, 6.07) is 4.16. The summed E-state index contributed by atoms with van der Waals surface area (Å²) in [4.78, 5) is 3.22. The van der Waals surface area contributed by atoms with Gasteiger partial charge in [-0.1, -0.05) is 6.07 Å². The highest BCUT2D eigenvalue weighted by atomic mass is 19.4. The number of ether oxygens (including phenoxy) is 1. The molecule has 6 heteroatoms. The van der Waals surface area contributed by atoms with Gasteiger partial charge in [-0.15, -0.1) is 13.2 Å². The van der Waals surface area contributed by atoms with Crippen LogP contribution in [-0.4, -0.2) is 6.36 Å². The van der Waals surface area contributed by atoms with Gasteiger partial charge >= 0.3 is 6.36 Å². The van der Waals surface area contributed by atoms with E-state index in [1.165, 1.54) is 6.07 Å². The van der Waals surface area contributed by atoms with E-state index in [1.807, 2.05) is 0 Å². The number of rotatable bonds is 2. The van der Waals surface area contributed by atoms with Gasteiger partial charge in [0.25, 0.3) is 0 Å². The molecule has 0 amide bonds. The van der Waals surface area contributed by atoms with E-state index in [2.05, 4.69) is 9.68 Å². The fourth-order valence-electron chi connectivity index (χ4n) is 0.719. The Morgan fingerprint density at radius 3 is 2.23 bits per heavy atom. The second-order valence-corrected chi connectivity index (χ2v) is 2.10. The molecule has 0 aliphatic rings. The second kappa shape index (κ2) is 3.51. The minimum Gasteiger partial charge on any atom is -0.406 e. The fraction of sp³-hybridized carbons (Fsp3) is 0.143. The predicted molar refractivity (Wildman–Crippen MR) is 34.9 cm³/mol. The fourth-order valence-corrected chi connectivity index (χ4v) is 0.719. The lowest BCUT2D eigenvalue weighted by Crippen LogP contribution is -2.16. The zero-order valence-corrected chi connectivity index (χ0v) is 6.14. The Labute approximate surface area is 70.6 Å². The molecule has 1 rings (SSSR count). The Balaban J connectivity index is 2.78. The lowest BCUT2D eigenvalue weighted by atomic mass is 10.3. The highest BCUT2D eigenvalue weighted by Gasteiger charge is 2.31. The summed E-state index contributed by atoms with van der Waals surface area (Å²) in [6.45, 7) is 0. The molecular formula is C7H4F4O2. The Bertz CT molecular complexity index is 284. The molecule has 13 heavy (non-hydrogen) atoms. The van der Waals surface area contributed by atoms with Crippen molar-refractivity contribution in [2.24, 2.45) is 0 Å². The average molecular weight is 196 g/mol. The van der Waals surface area contributed by atoms with Gasteiger partial charge in [-0.2, -0.15) is 0 Å². The summed E-state index contributed by atoms with van der Waals surface area (Å²) >= 11 is 0. The molecule has 0 radical (unpaired) electrons. The van der Waals surface area contributed by atoms with Crippen molar-refractivity contribution in [1.29, 1.82) is 0 Å². The van der Waals surface area contributed by atoms with Gasteiger partial charge in [0.05, 0.1) is 0 Å². The van der Waals surface area contributed by atoms with Crippen LogP contribution in [0.4, 0.5) is 17.7 Å². The molecule has 0 fully saturated rings. The van der Waals surface area contributed by atoms with Crippen molar-refractivity contribution in [3.8, 4) is 11.5 Å². The van der Waals surface area contributed by atoms with Crippen LogP contribution in [0.1, 0.15) is 0 Å². The first-order chi connectivity index (χ1) is 6.01. The first-order valence-electron chi connectivity index (χ1n) is 3.15. The highest BCUT2D eigenvalue weighted by Crippen LogP contribution is 2.25. The summed E-state index contributed by atoms with van der Waals surface area (Å²) in [5.41, 5.74) is 0. The van der Waals surface area contributed by atoms with Crippen molar-refractivity contribution < 1.29 is 27.4 Å². The number of benzene rings is 1. The van der Waals surface area contributed by atoms with Gasteiger partial charge in [-0.3, -0.25) is 4.94 Å². The van der Waals surface area contributed by atoms with Gasteiger partial charge < -0.3 is 4.74 Å². The van der Waals surface area contributed by atoms with Crippen molar-refractivity contribution in [3.63, 3.8) is 0 Å². The van der Waals surface area contributed by atoms with Crippen LogP contribution in [-0.2, 0) is 0 Å². The van der Waals surface area contributed by atoms with Crippen molar-refractivity contribution >= 4 is 0 Å². The predicted octanol–water partition coefficient (Wildman–Crippen LogP) is 2.85. The first kappa shape index (κ1) is 9.63. The third-order valence-electron chi connectivity index (χ3n) is 1.13. The van der Waals surface area contributed by atoms with E-state index in [9.17, 15) is 17.7 Å². The zero-order chi connectivity index (χ0) is 9.90. The minimum atomic E-state index is -4.78. The van der Waals surface area contributed by atoms with Gasteiger partial charge in [0, 0.05) is 10.6 Å². The third-order valence-corrected chi connectivity index (χ3v) is 1.13. The van der Waals surface area contributed by atoms with Gasteiger partial charge in [-0.25, -0.2) is 0 Å². The smallest absolute Gasteiger partial charge is 0.406 e. The molecule has 0 bridgehead atoms. The van der Waals surface area contributed by atoms with E-state index >= 15 is 0 Å². The quantitative estimate of drug-likeness (QED) is 0.677. The molecule has 1 aromatic carbocycles. The first-order valence-corrected chi connectivity index (χ1v) is 3.15. The Hall–Kier alpha value is -1.46. The number of halogens is 4. The third kappa shape index (κ3) is 3.18. The molecule has 0 unspecified atom stereocenters. The van der Waals surface area contributed by atoms with E-state index in [-0.39, 0.29) is 5.75 Å². The summed E-state index contributed by atoms with van der Waals surface area (Å²) < 4.78 is 49.9. The Kier molecular flexibility index (Phi) is 2.60. The summed E-state index contributed by atoms with van der Waals surface area (Å²) in [7, 11) is 0. The van der Waals surface area contributed by atoms with Gasteiger partial charge in [0.2, 0.25) is 0 Å². The van der Waals surface area contributed by atoms with Gasteiger partial charge in [0.1, 0.15) is 5.75 Å². The normalized spacial score (nSPS) is 11.1. The summed E-state index contributed by atoms with van der Waals surface area (Å²) in [5, 5.41) is 0. The van der Waals surface area contributed by atoms with E-state index in [0.717, 1.165) is 18.2 Å². The maximum atomic E-state index is 11.6. The molecule has 0 spiro atoms. The lowest BCUT2D eigenvalue weighted by Gasteiger charge is -2.08. The molecule has 0 atom stereocenters. The van der Waals surface area contributed by atoms with Crippen LogP contribution < -0.4 is 9.68 Å². The largest absolute Gasteiger partial charge is 0.573 e. The zero-order valence-electron chi connectivity index (χ0n) is 6.14. The molecule has 72 valence electrons. The van der Waals surface area contributed by atoms with Crippen molar-refractivity contribution in [1.82, 2.24) is 0 Å². The molecule has 0 N–H and O–H groups in total. The Morgan fingerprint density at radius 1 is 1.08 bits per heavy atom. The van der Waals surface area contributed by atoms with E-state index < -0.39 is 12.1 Å². The highest BCUT2D eigenvalue weighted by molar-refractivity contribution is 5.32. The second-order valence-electron chi connectivity index (χ2n) is 2.10. The van der Waals surface area contributed by atoms with Crippen molar-refractivity contribution in [2.45, 2.75) is 6.36 Å². The lowest BCUT2D eigenvalue weighted by molar-refractivity contribution is -0.274. The van der Waals surface area contributed by atoms with Crippen LogP contribution in [0.3, 0.4) is 0 Å². The minimum absolute atomic E-state index is 0.346. The Morgan fingerprint density at radius 2 is 1.69 bits per heavy atom. The SMILES string of the molecule is FOc1cccc(OC(F)(F)F)c1. The number of alkyl halides is 3. The molecule has 2 nitrogen and oxygen atoms in total. The number of hydrogen-bond acceptors (Lipinski definition) is 2. The van der Waals surface area contributed by atoms with Gasteiger partial charge in [0.15, 0.2) is 5.75 Å². The topological polar surface area (TPSA) is 18.5 Å². The maximum Gasteiger partial charge on any atom is 0.573 e. The molecule has 0 aliphatic heterocycles. The maximum absolute atomic E-state index is 11.6.